The summed E-state index contributed by atoms with van der Waals surface area (Å²) in [4.78, 5) is 33.6. The molecule has 0 amide bonds. The fraction of sp³-hybridized carbons (Fsp3) is 1.00. The molecule has 0 saturated carbocycles. The lowest BCUT2D eigenvalue weighted by Crippen LogP contribution is -2.27. The molecule has 0 aliphatic heterocycles. The van der Waals surface area contributed by atoms with Crippen LogP contribution in [-0.4, -0.2) is 51.4 Å². The Morgan fingerprint density at radius 2 is 1.47 bits per heavy atom. The lowest BCUT2D eigenvalue weighted by atomic mass is 10.3. The second-order valence-electron chi connectivity index (χ2n) is 3.66. The van der Waals surface area contributed by atoms with Gasteiger partial charge in [0.2, 0.25) is 0 Å². The number of rotatable bonds is 8. The number of hydrogen-bond acceptors (Lipinski definition) is 4. The van der Waals surface area contributed by atoms with E-state index in [1.54, 1.807) is 0 Å². The zero-order chi connectivity index (χ0) is 13.7. The van der Waals surface area contributed by atoms with E-state index in [-0.39, 0.29) is 13.2 Å². The average molecular weight is 292 g/mol. The zero-order valence-electron chi connectivity index (χ0n) is 9.64. The molecule has 0 atom stereocenters. The third kappa shape index (κ3) is 4.77. The van der Waals surface area contributed by atoms with Gasteiger partial charge in [-0.2, -0.15) is 0 Å². The van der Waals surface area contributed by atoms with Crippen molar-refractivity contribution in [2.75, 3.05) is 26.9 Å². The number of methoxy groups -OCH3 is 1. The van der Waals surface area contributed by atoms with Gasteiger partial charge >= 0.3 is 15.2 Å². The fourth-order valence-corrected chi connectivity index (χ4v) is 3.09. The summed E-state index contributed by atoms with van der Waals surface area (Å²) < 4.78 is 31.9. The van der Waals surface area contributed by atoms with Crippen LogP contribution in [0.3, 0.4) is 0 Å². The molecule has 0 aliphatic rings. The molecule has 4 N–H and O–H groups in total. The van der Waals surface area contributed by atoms with Crippen molar-refractivity contribution in [1.29, 1.82) is 0 Å². The molecule has 8 nitrogen and oxygen atoms in total. The molecule has 0 heterocycles. The molecule has 0 rings (SSSR count). The summed E-state index contributed by atoms with van der Waals surface area (Å²) >= 11 is 0. The van der Waals surface area contributed by atoms with Crippen molar-refractivity contribution < 1.29 is 38.2 Å². The lowest BCUT2D eigenvalue weighted by molar-refractivity contribution is 0.0666. The molecule has 0 spiro atoms. The summed E-state index contributed by atoms with van der Waals surface area (Å²) in [6.07, 6.45) is -0.439. The van der Waals surface area contributed by atoms with E-state index >= 15 is 0 Å². The summed E-state index contributed by atoms with van der Waals surface area (Å²) in [5.74, 6) is 0. The van der Waals surface area contributed by atoms with Crippen LogP contribution in [0.15, 0.2) is 0 Å². The molecule has 104 valence electrons. The molecular formula is C7H18O8P2. The Kier molecular flexibility index (Phi) is 6.49. The highest BCUT2D eigenvalue weighted by atomic mass is 31.2. The largest absolute Gasteiger partial charge is 0.382 e. The molecule has 0 aliphatic carbocycles. The average Bonchev–Trinajstić information content (AvgIpc) is 2.13. The summed E-state index contributed by atoms with van der Waals surface area (Å²) in [5, 5.41) is 0. The predicted octanol–water partition coefficient (Wildman–Crippen LogP) is 0.111. The predicted molar refractivity (Wildman–Crippen MR) is 59.8 cm³/mol. The summed E-state index contributed by atoms with van der Waals surface area (Å²) in [6.45, 7) is 1.17. The molecule has 0 aromatic heterocycles. The highest BCUT2D eigenvalue weighted by Crippen LogP contribution is 2.70. The van der Waals surface area contributed by atoms with Crippen molar-refractivity contribution in [3.63, 3.8) is 0 Å². The van der Waals surface area contributed by atoms with Gasteiger partial charge in [0.25, 0.3) is 0 Å². The third-order valence-corrected chi connectivity index (χ3v) is 6.93. The highest BCUT2D eigenvalue weighted by Gasteiger charge is 2.55. The minimum absolute atomic E-state index is 0.171. The first-order valence-corrected chi connectivity index (χ1v) is 7.96. The molecule has 0 radical (unpaired) electrons. The fourth-order valence-electron chi connectivity index (χ4n) is 0.971. The molecular weight excluding hydrogens is 274 g/mol. The van der Waals surface area contributed by atoms with Gasteiger partial charge in [-0.25, -0.2) is 0 Å². The second kappa shape index (κ2) is 6.41. The van der Waals surface area contributed by atoms with Gasteiger partial charge in [0.15, 0.2) is 4.90 Å². The van der Waals surface area contributed by atoms with Gasteiger partial charge in [0.1, 0.15) is 0 Å². The van der Waals surface area contributed by atoms with Crippen LogP contribution in [-0.2, 0) is 18.6 Å². The minimum atomic E-state index is -4.94. The SMILES string of the molecule is COCCOCCC(C)(P(=O)(O)O)P(=O)(O)O. The smallest absolute Gasteiger partial charge is 0.343 e. The Balaban J connectivity index is 4.55. The van der Waals surface area contributed by atoms with Crippen molar-refractivity contribution in [2.24, 2.45) is 0 Å². The zero-order valence-corrected chi connectivity index (χ0v) is 11.4. The standard InChI is InChI=1S/C7H18O8P2/c1-7(16(8,9)10,17(11,12)13)3-4-15-6-5-14-2/h3-6H2,1-2H3,(H2,8,9,10)(H2,11,12,13). The van der Waals surface area contributed by atoms with Crippen LogP contribution in [0.25, 0.3) is 0 Å². The molecule has 0 fully saturated rings. The molecule has 0 unspecified atom stereocenters. The van der Waals surface area contributed by atoms with Crippen LogP contribution in [0.4, 0.5) is 0 Å². The maximum Gasteiger partial charge on any atom is 0.343 e. The van der Waals surface area contributed by atoms with Crippen molar-refractivity contribution in [3.05, 3.63) is 0 Å². The lowest BCUT2D eigenvalue weighted by Gasteiger charge is -2.30. The van der Waals surface area contributed by atoms with E-state index in [4.69, 9.17) is 24.3 Å². The molecule has 0 saturated heterocycles. The first-order valence-electron chi connectivity index (χ1n) is 4.74. The Morgan fingerprint density at radius 1 is 1.00 bits per heavy atom. The quantitative estimate of drug-likeness (QED) is 0.366. The Bertz CT molecular complexity index is 296. The molecule has 0 bridgehead atoms. The molecule has 10 heteroatoms. The van der Waals surface area contributed by atoms with Gasteiger partial charge < -0.3 is 29.0 Å². The van der Waals surface area contributed by atoms with E-state index in [9.17, 15) is 9.13 Å². The van der Waals surface area contributed by atoms with Crippen LogP contribution in [0.1, 0.15) is 13.3 Å². The van der Waals surface area contributed by atoms with Gasteiger partial charge in [0, 0.05) is 13.7 Å². The topological polar surface area (TPSA) is 134 Å². The van der Waals surface area contributed by atoms with E-state index in [1.807, 2.05) is 0 Å². The maximum atomic E-state index is 11.1. The van der Waals surface area contributed by atoms with Gasteiger partial charge in [0.05, 0.1) is 13.2 Å². The number of ether oxygens (including phenoxy) is 2. The minimum Gasteiger partial charge on any atom is -0.382 e. The van der Waals surface area contributed by atoms with Crippen molar-refractivity contribution in [3.8, 4) is 0 Å². The molecule has 0 aromatic carbocycles. The van der Waals surface area contributed by atoms with E-state index < -0.39 is 26.5 Å². The first kappa shape index (κ1) is 17.2. The summed E-state index contributed by atoms with van der Waals surface area (Å²) in [5.41, 5.74) is 0. The second-order valence-corrected chi connectivity index (χ2v) is 8.16. The van der Waals surface area contributed by atoms with Crippen molar-refractivity contribution >= 4 is 15.2 Å². The summed E-state index contributed by atoms with van der Waals surface area (Å²) in [7, 11) is -8.42. The monoisotopic (exact) mass is 292 g/mol. The maximum absolute atomic E-state index is 11.1. The molecule has 0 aromatic rings. The highest BCUT2D eigenvalue weighted by molar-refractivity contribution is 7.72. The van der Waals surface area contributed by atoms with Gasteiger partial charge in [-0.05, 0) is 13.3 Å². The Hall–Kier alpha value is 0.220. The molecule has 17 heavy (non-hydrogen) atoms. The van der Waals surface area contributed by atoms with E-state index in [1.165, 1.54) is 7.11 Å². The van der Waals surface area contributed by atoms with E-state index in [0.29, 0.717) is 6.61 Å². The van der Waals surface area contributed by atoms with Crippen LogP contribution in [0, 0.1) is 0 Å². The van der Waals surface area contributed by atoms with Crippen LogP contribution < -0.4 is 0 Å². The van der Waals surface area contributed by atoms with Crippen LogP contribution >= 0.6 is 15.2 Å². The van der Waals surface area contributed by atoms with Gasteiger partial charge in [-0.15, -0.1) is 0 Å². The summed E-state index contributed by atoms with van der Waals surface area (Å²) in [6, 6.07) is 0. The van der Waals surface area contributed by atoms with Crippen molar-refractivity contribution in [1.82, 2.24) is 0 Å². The Morgan fingerprint density at radius 3 is 1.82 bits per heavy atom. The van der Waals surface area contributed by atoms with Crippen LogP contribution in [0.5, 0.6) is 0 Å². The van der Waals surface area contributed by atoms with E-state index in [0.717, 1.165) is 6.92 Å². The normalized spacial score (nSPS) is 14.0. The van der Waals surface area contributed by atoms with Crippen molar-refractivity contribution in [2.45, 2.75) is 18.2 Å². The van der Waals surface area contributed by atoms with Gasteiger partial charge in [-0.1, -0.05) is 0 Å². The van der Waals surface area contributed by atoms with Gasteiger partial charge in [-0.3, -0.25) is 9.13 Å². The first-order chi connectivity index (χ1) is 7.56. The van der Waals surface area contributed by atoms with E-state index in [2.05, 4.69) is 4.74 Å². The number of hydrogen-bond donors (Lipinski definition) is 4. The Labute approximate surface area is 99.3 Å². The third-order valence-electron chi connectivity index (χ3n) is 2.41. The van der Waals surface area contributed by atoms with Crippen LogP contribution in [0.2, 0.25) is 0 Å².